The van der Waals surface area contributed by atoms with Gasteiger partial charge in [-0.2, -0.15) is 4.98 Å². The van der Waals surface area contributed by atoms with Gasteiger partial charge < -0.3 is 20.9 Å². The topological polar surface area (TPSA) is 65.1 Å². The second kappa shape index (κ2) is 9.78. The lowest BCUT2D eigenvalue weighted by Crippen LogP contribution is -2.42. The molecule has 0 radical (unpaired) electrons. The lowest BCUT2D eigenvalue weighted by molar-refractivity contribution is 0.387. The monoisotopic (exact) mass is 498 g/mol. The van der Waals surface area contributed by atoms with Crippen molar-refractivity contribution in [2.45, 2.75) is 37.8 Å². The van der Waals surface area contributed by atoms with Gasteiger partial charge >= 0.3 is 0 Å². The van der Waals surface area contributed by atoms with Crippen molar-refractivity contribution in [1.82, 2.24) is 15.3 Å². The molecular formula is C23H27BrN6S. The highest BCUT2D eigenvalue weighted by molar-refractivity contribution is 9.10. The average molecular weight is 499 g/mol. The molecule has 0 amide bonds. The first-order chi connectivity index (χ1) is 15.0. The summed E-state index contributed by atoms with van der Waals surface area (Å²) in [5.41, 5.74) is 1.95. The molecule has 0 aliphatic heterocycles. The Bertz CT molecular complexity index is 1050. The van der Waals surface area contributed by atoms with Crippen LogP contribution in [0.15, 0.2) is 53.0 Å². The van der Waals surface area contributed by atoms with Gasteiger partial charge in [-0.25, -0.2) is 4.98 Å². The molecule has 2 aromatic carbocycles. The van der Waals surface area contributed by atoms with Crippen molar-refractivity contribution in [1.29, 1.82) is 0 Å². The zero-order valence-electron chi connectivity index (χ0n) is 17.7. The summed E-state index contributed by atoms with van der Waals surface area (Å²) >= 11 is 8.94. The van der Waals surface area contributed by atoms with Crippen molar-refractivity contribution in [2.24, 2.45) is 0 Å². The summed E-state index contributed by atoms with van der Waals surface area (Å²) in [5, 5.41) is 12.0. The van der Waals surface area contributed by atoms with Crippen molar-refractivity contribution in [3.05, 3.63) is 53.0 Å². The molecule has 0 atom stereocenters. The van der Waals surface area contributed by atoms with Crippen LogP contribution >= 0.6 is 28.1 Å². The van der Waals surface area contributed by atoms with Crippen molar-refractivity contribution in [2.75, 3.05) is 29.6 Å². The van der Waals surface area contributed by atoms with Crippen LogP contribution in [0.4, 0.5) is 17.5 Å². The Hall–Kier alpha value is -2.45. The fourth-order valence-electron chi connectivity index (χ4n) is 3.92. The van der Waals surface area contributed by atoms with Crippen LogP contribution in [-0.2, 0) is 0 Å². The Balaban J connectivity index is 1.32. The number of fused-ring (bicyclic) bond motifs is 1. The van der Waals surface area contributed by atoms with Gasteiger partial charge in [0.1, 0.15) is 5.82 Å². The first kappa shape index (κ1) is 21.8. The van der Waals surface area contributed by atoms with Crippen LogP contribution in [0.1, 0.15) is 25.7 Å². The normalized spacial score (nSPS) is 18.4. The molecule has 1 aliphatic carbocycles. The molecule has 0 spiro atoms. The third-order valence-corrected chi connectivity index (χ3v) is 6.25. The van der Waals surface area contributed by atoms with E-state index < -0.39 is 0 Å². The van der Waals surface area contributed by atoms with Crippen LogP contribution in [0.25, 0.3) is 10.9 Å². The minimum Gasteiger partial charge on any atom is -0.362 e. The van der Waals surface area contributed by atoms with Crippen LogP contribution in [0.5, 0.6) is 0 Å². The first-order valence-corrected chi connectivity index (χ1v) is 11.7. The Morgan fingerprint density at radius 1 is 0.968 bits per heavy atom. The highest BCUT2D eigenvalue weighted by atomic mass is 79.9. The zero-order chi connectivity index (χ0) is 21.8. The summed E-state index contributed by atoms with van der Waals surface area (Å²) in [6.07, 6.45) is 4.19. The Morgan fingerprint density at radius 2 is 1.65 bits per heavy atom. The average Bonchev–Trinajstić information content (AvgIpc) is 2.76. The van der Waals surface area contributed by atoms with Gasteiger partial charge in [0, 0.05) is 41.7 Å². The van der Waals surface area contributed by atoms with E-state index in [2.05, 4.69) is 37.9 Å². The molecule has 1 fully saturated rings. The zero-order valence-corrected chi connectivity index (χ0v) is 20.1. The number of hydrogen-bond donors (Lipinski definition) is 3. The van der Waals surface area contributed by atoms with Crippen molar-refractivity contribution >= 4 is 61.6 Å². The molecule has 162 valence electrons. The molecular weight excluding hydrogens is 472 g/mol. The summed E-state index contributed by atoms with van der Waals surface area (Å²) < 4.78 is 1.05. The number of rotatable bonds is 5. The van der Waals surface area contributed by atoms with Crippen LogP contribution in [0, 0.1) is 0 Å². The van der Waals surface area contributed by atoms with Gasteiger partial charge in [0.15, 0.2) is 5.11 Å². The highest BCUT2D eigenvalue weighted by Crippen LogP contribution is 2.26. The van der Waals surface area contributed by atoms with Gasteiger partial charge in [0.25, 0.3) is 0 Å². The van der Waals surface area contributed by atoms with E-state index in [1.54, 1.807) is 0 Å². The van der Waals surface area contributed by atoms with E-state index in [4.69, 9.17) is 22.2 Å². The second-order valence-corrected chi connectivity index (χ2v) is 9.40. The SMILES string of the molecule is CN(C)c1nc(NC2CCC(NC(=S)Nc3ccc(Br)cc3)CC2)nc2ccccc12. The lowest BCUT2D eigenvalue weighted by Gasteiger charge is -2.30. The molecule has 4 rings (SSSR count). The van der Waals surface area contributed by atoms with Gasteiger partial charge in [0.2, 0.25) is 5.95 Å². The number of anilines is 3. The fourth-order valence-corrected chi connectivity index (χ4v) is 4.46. The van der Waals surface area contributed by atoms with Gasteiger partial charge in [-0.15, -0.1) is 0 Å². The van der Waals surface area contributed by atoms with E-state index in [0.717, 1.165) is 52.6 Å². The predicted molar refractivity (Wildman–Crippen MR) is 137 cm³/mol. The first-order valence-electron chi connectivity index (χ1n) is 10.5. The summed E-state index contributed by atoms with van der Waals surface area (Å²) in [7, 11) is 4.03. The molecule has 3 aromatic rings. The number of para-hydroxylation sites is 1. The maximum absolute atomic E-state index is 5.49. The predicted octanol–water partition coefficient (Wildman–Crippen LogP) is 5.17. The molecule has 8 heteroatoms. The van der Waals surface area contributed by atoms with Crippen LogP contribution in [-0.4, -0.2) is 41.3 Å². The molecule has 0 saturated heterocycles. The van der Waals surface area contributed by atoms with Crippen LogP contribution in [0.3, 0.4) is 0 Å². The number of hydrogen-bond acceptors (Lipinski definition) is 5. The van der Waals surface area contributed by atoms with E-state index in [1.165, 1.54) is 0 Å². The number of halogens is 1. The van der Waals surface area contributed by atoms with Gasteiger partial charge in [0.05, 0.1) is 5.52 Å². The molecule has 1 saturated carbocycles. The van der Waals surface area contributed by atoms with Gasteiger partial charge in [-0.1, -0.05) is 28.1 Å². The largest absolute Gasteiger partial charge is 0.362 e. The van der Waals surface area contributed by atoms with E-state index in [1.807, 2.05) is 61.5 Å². The lowest BCUT2D eigenvalue weighted by atomic mass is 9.91. The summed E-state index contributed by atoms with van der Waals surface area (Å²) in [6.45, 7) is 0. The van der Waals surface area contributed by atoms with E-state index in [-0.39, 0.29) is 0 Å². The van der Waals surface area contributed by atoms with E-state index in [0.29, 0.717) is 23.1 Å². The molecule has 0 unspecified atom stereocenters. The van der Waals surface area contributed by atoms with Crippen molar-refractivity contribution in [3.63, 3.8) is 0 Å². The second-order valence-electron chi connectivity index (χ2n) is 8.08. The van der Waals surface area contributed by atoms with Crippen LogP contribution < -0.4 is 20.9 Å². The third kappa shape index (κ3) is 5.62. The molecule has 1 aliphatic rings. The Kier molecular flexibility index (Phi) is 6.87. The van der Waals surface area contributed by atoms with Gasteiger partial charge in [-0.3, -0.25) is 0 Å². The molecule has 0 bridgehead atoms. The van der Waals surface area contributed by atoms with E-state index in [9.17, 15) is 0 Å². The molecule has 1 aromatic heterocycles. The summed E-state index contributed by atoms with van der Waals surface area (Å²) in [5.74, 6) is 1.64. The minimum atomic E-state index is 0.363. The van der Waals surface area contributed by atoms with Gasteiger partial charge in [-0.05, 0) is 74.3 Å². The number of benzene rings is 2. The third-order valence-electron chi connectivity index (χ3n) is 5.50. The molecule has 3 N–H and O–H groups in total. The number of nitrogens with one attached hydrogen (secondary N) is 3. The standard InChI is InChI=1S/C23H27BrN6S/c1-30(2)21-19-5-3-4-6-20(19)28-22(29-21)25-16-11-13-18(14-12-16)27-23(31)26-17-9-7-15(24)8-10-17/h3-10,16,18H,11-14H2,1-2H3,(H,25,28,29)(H2,26,27,31). The summed E-state index contributed by atoms with van der Waals surface area (Å²) in [6, 6.07) is 16.9. The Labute approximate surface area is 197 Å². The molecule has 31 heavy (non-hydrogen) atoms. The van der Waals surface area contributed by atoms with Crippen molar-refractivity contribution < 1.29 is 0 Å². The van der Waals surface area contributed by atoms with Crippen molar-refractivity contribution in [3.8, 4) is 0 Å². The number of nitrogens with zero attached hydrogens (tertiary/aromatic N) is 3. The number of aromatic nitrogens is 2. The smallest absolute Gasteiger partial charge is 0.225 e. The maximum Gasteiger partial charge on any atom is 0.225 e. The van der Waals surface area contributed by atoms with E-state index >= 15 is 0 Å². The Morgan fingerprint density at radius 3 is 2.35 bits per heavy atom. The van der Waals surface area contributed by atoms with Crippen LogP contribution in [0.2, 0.25) is 0 Å². The minimum absolute atomic E-state index is 0.363. The molecule has 1 heterocycles. The summed E-state index contributed by atoms with van der Waals surface area (Å²) in [4.78, 5) is 11.5. The quantitative estimate of drug-likeness (QED) is 0.419. The molecule has 6 nitrogen and oxygen atoms in total. The fraction of sp³-hybridized carbons (Fsp3) is 0.348. The number of thiocarbonyl (C=S) groups is 1. The maximum atomic E-state index is 5.49. The highest BCUT2D eigenvalue weighted by Gasteiger charge is 2.22.